The Hall–Kier alpha value is -3.16. The first-order chi connectivity index (χ1) is 13.1. The minimum Gasteiger partial charge on any atom is -0.383 e. The Morgan fingerprint density at radius 2 is 1.96 bits per heavy atom. The van der Waals surface area contributed by atoms with E-state index in [4.69, 9.17) is 5.73 Å². The molecule has 0 spiro atoms. The fourth-order valence-corrected chi connectivity index (χ4v) is 3.04. The van der Waals surface area contributed by atoms with Crippen molar-refractivity contribution in [3.63, 3.8) is 0 Å². The van der Waals surface area contributed by atoms with Crippen LogP contribution in [0, 0.1) is 6.92 Å². The van der Waals surface area contributed by atoms with Crippen molar-refractivity contribution < 1.29 is 9.59 Å². The van der Waals surface area contributed by atoms with Crippen LogP contribution >= 0.6 is 0 Å². The van der Waals surface area contributed by atoms with E-state index in [-0.39, 0.29) is 5.91 Å². The third kappa shape index (κ3) is 4.72. The Morgan fingerprint density at radius 3 is 2.67 bits per heavy atom. The molecule has 0 atom stereocenters. The number of aryl methyl sites for hydroxylation is 1. The molecule has 1 fully saturated rings. The van der Waals surface area contributed by atoms with Gasteiger partial charge in [-0.15, -0.1) is 0 Å². The van der Waals surface area contributed by atoms with Crippen LogP contribution in [0.15, 0.2) is 30.5 Å². The molecule has 2 heterocycles. The van der Waals surface area contributed by atoms with E-state index in [1.54, 1.807) is 18.0 Å². The number of carbonyl (C=O) groups is 2. The molecule has 2 aromatic rings. The van der Waals surface area contributed by atoms with Crippen LogP contribution in [0.2, 0.25) is 0 Å². The summed E-state index contributed by atoms with van der Waals surface area (Å²) in [6, 6.07) is 7.73. The van der Waals surface area contributed by atoms with E-state index in [1.165, 1.54) is 0 Å². The Balaban J connectivity index is 1.63. The van der Waals surface area contributed by atoms with Crippen molar-refractivity contribution in [3.8, 4) is 0 Å². The number of rotatable bonds is 6. The number of nitrogens with zero attached hydrogens (tertiary/aromatic N) is 4. The van der Waals surface area contributed by atoms with Crippen LogP contribution < -0.4 is 11.1 Å². The average molecular weight is 368 g/mol. The molecule has 8 heteroatoms. The Labute approximate surface area is 158 Å². The number of piperazine rings is 1. The summed E-state index contributed by atoms with van der Waals surface area (Å²) in [6.45, 7) is 4.59. The van der Waals surface area contributed by atoms with Crippen molar-refractivity contribution in [2.24, 2.45) is 0 Å². The van der Waals surface area contributed by atoms with Gasteiger partial charge in [0.25, 0.3) is 0 Å². The van der Waals surface area contributed by atoms with Gasteiger partial charge in [0.15, 0.2) is 0 Å². The predicted molar refractivity (Wildman–Crippen MR) is 103 cm³/mol. The van der Waals surface area contributed by atoms with Gasteiger partial charge in [-0.3, -0.25) is 9.59 Å². The average Bonchev–Trinajstić information content (AvgIpc) is 2.68. The van der Waals surface area contributed by atoms with Crippen LogP contribution in [-0.4, -0.2) is 58.3 Å². The van der Waals surface area contributed by atoms with Gasteiger partial charge in [0.05, 0.1) is 6.42 Å². The number of hydrogen-bond acceptors (Lipinski definition) is 6. The second-order valence-electron chi connectivity index (χ2n) is 6.54. The fraction of sp³-hybridized carbons (Fsp3) is 0.368. The second kappa shape index (κ2) is 8.48. The van der Waals surface area contributed by atoms with Crippen molar-refractivity contribution >= 4 is 23.8 Å². The maximum absolute atomic E-state index is 12.6. The monoisotopic (exact) mass is 368 g/mol. The predicted octanol–water partition coefficient (Wildman–Crippen LogP) is 0.822. The van der Waals surface area contributed by atoms with E-state index in [2.05, 4.69) is 15.3 Å². The van der Waals surface area contributed by atoms with Gasteiger partial charge in [0.2, 0.25) is 12.3 Å². The minimum absolute atomic E-state index is 0.0629. The van der Waals surface area contributed by atoms with Crippen LogP contribution in [-0.2, 0) is 22.6 Å². The van der Waals surface area contributed by atoms with Crippen molar-refractivity contribution in [3.05, 3.63) is 47.4 Å². The molecule has 2 amide bonds. The largest absolute Gasteiger partial charge is 0.383 e. The Kier molecular flexibility index (Phi) is 5.85. The first kappa shape index (κ1) is 18.6. The molecule has 0 aliphatic carbocycles. The highest BCUT2D eigenvalue weighted by molar-refractivity contribution is 5.81. The van der Waals surface area contributed by atoms with E-state index in [9.17, 15) is 9.59 Å². The zero-order chi connectivity index (χ0) is 19.2. The van der Waals surface area contributed by atoms with E-state index in [0.717, 1.165) is 23.2 Å². The highest BCUT2D eigenvalue weighted by atomic mass is 16.2. The zero-order valence-electron chi connectivity index (χ0n) is 15.4. The summed E-state index contributed by atoms with van der Waals surface area (Å²) in [6.07, 6.45) is 2.86. The maximum atomic E-state index is 12.6. The number of nitrogens with one attached hydrogen (secondary N) is 1. The molecule has 3 N–H and O–H groups in total. The van der Waals surface area contributed by atoms with Gasteiger partial charge < -0.3 is 20.9 Å². The number of anilines is 2. The molecule has 142 valence electrons. The molecular formula is C19H24N6O2. The molecule has 0 unspecified atom stereocenters. The normalized spacial score (nSPS) is 14.1. The summed E-state index contributed by atoms with van der Waals surface area (Å²) in [7, 11) is 0. The second-order valence-corrected chi connectivity index (χ2v) is 6.54. The fourth-order valence-electron chi connectivity index (χ4n) is 3.04. The topological polar surface area (TPSA) is 104 Å². The molecule has 1 aromatic carbocycles. The molecule has 1 aliphatic heterocycles. The van der Waals surface area contributed by atoms with Gasteiger partial charge in [0.1, 0.15) is 11.6 Å². The molecule has 0 bridgehead atoms. The van der Waals surface area contributed by atoms with Crippen LogP contribution in [0.4, 0.5) is 11.5 Å². The zero-order valence-corrected chi connectivity index (χ0v) is 15.4. The lowest BCUT2D eigenvalue weighted by Gasteiger charge is -2.32. The van der Waals surface area contributed by atoms with Crippen molar-refractivity contribution in [2.45, 2.75) is 19.9 Å². The first-order valence-corrected chi connectivity index (χ1v) is 8.93. The van der Waals surface area contributed by atoms with Gasteiger partial charge in [-0.25, -0.2) is 9.97 Å². The van der Waals surface area contributed by atoms with Gasteiger partial charge in [-0.05, 0) is 18.6 Å². The molecule has 0 saturated carbocycles. The summed E-state index contributed by atoms with van der Waals surface area (Å²) >= 11 is 0. The molecule has 1 aromatic heterocycles. The van der Waals surface area contributed by atoms with Crippen LogP contribution in [0.1, 0.15) is 17.0 Å². The molecule has 1 saturated heterocycles. The number of para-hydroxylation sites is 1. The number of nitrogens with two attached hydrogens (primary N) is 1. The molecule has 1 aliphatic rings. The first-order valence-electron chi connectivity index (χ1n) is 8.93. The van der Waals surface area contributed by atoms with Crippen LogP contribution in [0.25, 0.3) is 0 Å². The van der Waals surface area contributed by atoms with E-state index < -0.39 is 0 Å². The quantitative estimate of drug-likeness (QED) is 0.732. The molecule has 3 rings (SSSR count). The maximum Gasteiger partial charge on any atom is 0.227 e. The standard InChI is InChI=1S/C19H24N6O2/c1-14-21-11-16(19(20)23-14)12-22-17-5-3-2-4-15(17)10-18(27)25-8-6-24(13-26)7-9-25/h2-5,11,13,22H,6-10,12H2,1H3,(H2,20,21,23). The SMILES string of the molecule is Cc1ncc(CNc2ccccc2CC(=O)N2CCN(C=O)CC2)c(N)n1. The lowest BCUT2D eigenvalue weighted by atomic mass is 10.1. The molecule has 8 nitrogen and oxygen atoms in total. The van der Waals surface area contributed by atoms with E-state index >= 15 is 0 Å². The number of carbonyl (C=O) groups excluding carboxylic acids is 2. The van der Waals surface area contributed by atoms with E-state index in [1.807, 2.05) is 29.2 Å². The smallest absolute Gasteiger partial charge is 0.227 e. The summed E-state index contributed by atoms with van der Waals surface area (Å²) < 4.78 is 0. The highest BCUT2D eigenvalue weighted by Crippen LogP contribution is 2.19. The van der Waals surface area contributed by atoms with E-state index in [0.29, 0.717) is 50.8 Å². The van der Waals surface area contributed by atoms with Gasteiger partial charge in [-0.1, -0.05) is 18.2 Å². The summed E-state index contributed by atoms with van der Waals surface area (Å²) in [5, 5.41) is 3.33. The van der Waals surface area contributed by atoms with Crippen molar-refractivity contribution in [2.75, 3.05) is 37.2 Å². The Bertz CT molecular complexity index is 818. The highest BCUT2D eigenvalue weighted by Gasteiger charge is 2.21. The minimum atomic E-state index is 0.0629. The van der Waals surface area contributed by atoms with Crippen molar-refractivity contribution in [1.82, 2.24) is 19.8 Å². The van der Waals surface area contributed by atoms with Crippen molar-refractivity contribution in [1.29, 1.82) is 0 Å². The molecular weight excluding hydrogens is 344 g/mol. The lowest BCUT2D eigenvalue weighted by molar-refractivity contribution is -0.134. The Morgan fingerprint density at radius 1 is 1.22 bits per heavy atom. The van der Waals surface area contributed by atoms with Gasteiger partial charge in [0, 0.05) is 50.2 Å². The van der Waals surface area contributed by atoms with Gasteiger partial charge >= 0.3 is 0 Å². The summed E-state index contributed by atoms with van der Waals surface area (Å²) in [5.74, 6) is 1.15. The third-order valence-electron chi connectivity index (χ3n) is 4.66. The third-order valence-corrected chi connectivity index (χ3v) is 4.66. The molecule has 27 heavy (non-hydrogen) atoms. The number of amides is 2. The number of hydrogen-bond donors (Lipinski definition) is 2. The van der Waals surface area contributed by atoms with Gasteiger partial charge in [-0.2, -0.15) is 0 Å². The summed E-state index contributed by atoms with van der Waals surface area (Å²) in [5.41, 5.74) is 8.57. The lowest BCUT2D eigenvalue weighted by Crippen LogP contribution is -2.48. The van der Waals surface area contributed by atoms with Crippen LogP contribution in [0.5, 0.6) is 0 Å². The summed E-state index contributed by atoms with van der Waals surface area (Å²) in [4.78, 5) is 35.3. The van der Waals surface area contributed by atoms with Crippen LogP contribution in [0.3, 0.4) is 0 Å². The number of benzene rings is 1. The molecule has 0 radical (unpaired) electrons. The number of aromatic nitrogens is 2. The number of nitrogen functional groups attached to an aromatic ring is 1.